The number of hydrogen-bond donors (Lipinski definition) is 1. The molecule has 1 aliphatic rings. The maximum Gasteiger partial charge on any atom is 0.168 e. The third-order valence-electron chi connectivity index (χ3n) is 3.57. The normalized spacial score (nSPS) is 19.6. The highest BCUT2D eigenvalue weighted by Gasteiger charge is 2.28. The first-order valence-corrected chi connectivity index (χ1v) is 7.23. The van der Waals surface area contributed by atoms with E-state index in [-0.39, 0.29) is 11.9 Å². The van der Waals surface area contributed by atoms with Gasteiger partial charge in [-0.25, -0.2) is 8.78 Å². The van der Waals surface area contributed by atoms with Crippen LogP contribution in [0.2, 0.25) is 0 Å². The molecule has 1 aliphatic heterocycles. The van der Waals surface area contributed by atoms with Crippen LogP contribution >= 0.6 is 0 Å². The van der Waals surface area contributed by atoms with E-state index in [0.29, 0.717) is 13.2 Å². The molecule has 3 rings (SSSR count). The molecule has 2 aromatic carbocycles. The van der Waals surface area contributed by atoms with Gasteiger partial charge in [0.1, 0.15) is 11.9 Å². The summed E-state index contributed by atoms with van der Waals surface area (Å²) in [6, 6.07) is 12.8. The molecular formula is C17H17F2NO2. The summed E-state index contributed by atoms with van der Waals surface area (Å²) in [5.41, 5.74) is 0.889. The van der Waals surface area contributed by atoms with Gasteiger partial charge >= 0.3 is 0 Å². The summed E-state index contributed by atoms with van der Waals surface area (Å²) >= 11 is 0. The first kappa shape index (κ1) is 14.9. The number of morpholine rings is 1. The Balaban J connectivity index is 1.87. The van der Waals surface area contributed by atoms with Gasteiger partial charge in [-0.3, -0.25) is 0 Å². The monoisotopic (exact) mass is 305 g/mol. The highest BCUT2D eigenvalue weighted by atomic mass is 19.1. The Kier molecular flexibility index (Phi) is 4.65. The first-order chi connectivity index (χ1) is 10.7. The molecule has 0 saturated carbocycles. The van der Waals surface area contributed by atoms with Crippen LogP contribution in [0.25, 0.3) is 0 Å². The molecule has 2 atom stereocenters. The van der Waals surface area contributed by atoms with Crippen molar-refractivity contribution in [1.82, 2.24) is 5.32 Å². The molecule has 0 aromatic heterocycles. The molecule has 1 N–H and O–H groups in total. The van der Waals surface area contributed by atoms with Gasteiger partial charge in [-0.05, 0) is 17.7 Å². The van der Waals surface area contributed by atoms with Crippen LogP contribution in [0.5, 0.6) is 5.75 Å². The van der Waals surface area contributed by atoms with Gasteiger partial charge in [-0.1, -0.05) is 30.3 Å². The Morgan fingerprint density at radius 1 is 1.14 bits per heavy atom. The van der Waals surface area contributed by atoms with E-state index >= 15 is 0 Å². The van der Waals surface area contributed by atoms with Gasteiger partial charge in [0, 0.05) is 19.2 Å². The van der Waals surface area contributed by atoms with Crippen molar-refractivity contribution in [3.8, 4) is 5.75 Å². The number of rotatable bonds is 4. The Hall–Kier alpha value is -1.98. The molecule has 0 bridgehead atoms. The molecule has 22 heavy (non-hydrogen) atoms. The Bertz CT molecular complexity index is 615. The van der Waals surface area contributed by atoms with E-state index < -0.39 is 17.7 Å². The lowest BCUT2D eigenvalue weighted by atomic mass is 10.0. The lowest BCUT2D eigenvalue weighted by Gasteiger charge is -2.31. The number of halogens is 2. The minimum atomic E-state index is -0.718. The van der Waals surface area contributed by atoms with Crippen molar-refractivity contribution in [3.63, 3.8) is 0 Å². The number of hydrogen-bond acceptors (Lipinski definition) is 3. The van der Waals surface area contributed by atoms with Crippen LogP contribution in [0, 0.1) is 11.6 Å². The van der Waals surface area contributed by atoms with E-state index in [1.54, 1.807) is 0 Å². The summed E-state index contributed by atoms with van der Waals surface area (Å²) < 4.78 is 38.5. The third-order valence-corrected chi connectivity index (χ3v) is 3.57. The van der Waals surface area contributed by atoms with Crippen LogP contribution in [-0.2, 0) is 4.74 Å². The van der Waals surface area contributed by atoms with E-state index in [1.807, 2.05) is 30.3 Å². The van der Waals surface area contributed by atoms with Crippen molar-refractivity contribution in [3.05, 3.63) is 65.7 Å². The molecule has 3 nitrogen and oxygen atoms in total. The Morgan fingerprint density at radius 3 is 2.64 bits per heavy atom. The van der Waals surface area contributed by atoms with Crippen LogP contribution in [-0.4, -0.2) is 25.8 Å². The molecule has 5 heteroatoms. The van der Waals surface area contributed by atoms with Crippen LogP contribution in [0.4, 0.5) is 8.78 Å². The smallest absolute Gasteiger partial charge is 0.168 e. The summed E-state index contributed by atoms with van der Waals surface area (Å²) in [5.74, 6) is -1.33. The van der Waals surface area contributed by atoms with Gasteiger partial charge < -0.3 is 14.8 Å². The highest BCUT2D eigenvalue weighted by Crippen LogP contribution is 2.29. The van der Waals surface area contributed by atoms with Crippen LogP contribution in [0.15, 0.2) is 48.5 Å². The summed E-state index contributed by atoms with van der Waals surface area (Å²) in [6.45, 7) is 1.97. The van der Waals surface area contributed by atoms with Crippen molar-refractivity contribution in [1.29, 1.82) is 0 Å². The molecule has 0 aliphatic carbocycles. The zero-order valence-electron chi connectivity index (χ0n) is 12.0. The molecule has 2 aromatic rings. The quantitative estimate of drug-likeness (QED) is 0.941. The fraction of sp³-hybridized carbons (Fsp3) is 0.294. The molecule has 0 amide bonds. The predicted octanol–water partition coefficient (Wildman–Crippen LogP) is 3.07. The summed E-state index contributed by atoms with van der Waals surface area (Å²) in [4.78, 5) is 0. The molecular weight excluding hydrogens is 288 g/mol. The number of ether oxygens (including phenoxy) is 2. The molecule has 0 radical (unpaired) electrons. The second-order valence-electron chi connectivity index (χ2n) is 5.14. The van der Waals surface area contributed by atoms with Crippen molar-refractivity contribution in [2.75, 3.05) is 19.7 Å². The average Bonchev–Trinajstić information content (AvgIpc) is 2.56. The van der Waals surface area contributed by atoms with Crippen molar-refractivity contribution < 1.29 is 18.3 Å². The van der Waals surface area contributed by atoms with Crippen molar-refractivity contribution in [2.24, 2.45) is 0 Å². The molecule has 1 fully saturated rings. The SMILES string of the molecule is Fc1ccc(OC(c2ccccc2)[C@@H]2CNCCO2)c(F)c1. The largest absolute Gasteiger partial charge is 0.480 e. The van der Waals surface area contributed by atoms with Gasteiger partial charge in [0.05, 0.1) is 6.61 Å². The van der Waals surface area contributed by atoms with Gasteiger partial charge in [0.2, 0.25) is 0 Å². The number of benzene rings is 2. The molecule has 116 valence electrons. The lowest BCUT2D eigenvalue weighted by molar-refractivity contribution is -0.0442. The van der Waals surface area contributed by atoms with Crippen molar-refractivity contribution in [2.45, 2.75) is 12.2 Å². The summed E-state index contributed by atoms with van der Waals surface area (Å²) in [6.07, 6.45) is -0.699. The molecule has 0 spiro atoms. The highest BCUT2D eigenvalue weighted by molar-refractivity contribution is 5.27. The van der Waals surface area contributed by atoms with E-state index in [4.69, 9.17) is 9.47 Å². The minimum Gasteiger partial charge on any atom is -0.480 e. The first-order valence-electron chi connectivity index (χ1n) is 7.23. The molecule has 1 saturated heterocycles. The summed E-state index contributed by atoms with van der Waals surface area (Å²) in [7, 11) is 0. The van der Waals surface area contributed by atoms with Crippen molar-refractivity contribution >= 4 is 0 Å². The van der Waals surface area contributed by atoms with Crippen LogP contribution in [0.3, 0.4) is 0 Å². The van der Waals surface area contributed by atoms with Gasteiger partial charge in [0.15, 0.2) is 17.7 Å². The average molecular weight is 305 g/mol. The van der Waals surface area contributed by atoms with E-state index in [1.165, 1.54) is 12.1 Å². The Labute approximate surface area is 127 Å². The maximum absolute atomic E-state index is 13.9. The number of nitrogens with one attached hydrogen (secondary N) is 1. The maximum atomic E-state index is 13.9. The van der Waals surface area contributed by atoms with E-state index in [0.717, 1.165) is 18.2 Å². The zero-order valence-corrected chi connectivity index (χ0v) is 12.0. The second-order valence-corrected chi connectivity index (χ2v) is 5.14. The minimum absolute atomic E-state index is 0.0180. The predicted molar refractivity (Wildman–Crippen MR) is 78.8 cm³/mol. The fourth-order valence-electron chi connectivity index (χ4n) is 2.49. The van der Waals surface area contributed by atoms with E-state index in [9.17, 15) is 8.78 Å². The second kappa shape index (κ2) is 6.85. The summed E-state index contributed by atoms with van der Waals surface area (Å²) in [5, 5.41) is 3.24. The Morgan fingerprint density at radius 2 is 1.95 bits per heavy atom. The zero-order chi connectivity index (χ0) is 15.4. The van der Waals surface area contributed by atoms with Gasteiger partial charge in [0.25, 0.3) is 0 Å². The van der Waals surface area contributed by atoms with Gasteiger partial charge in [-0.2, -0.15) is 0 Å². The molecule has 1 unspecified atom stereocenters. The van der Waals surface area contributed by atoms with E-state index in [2.05, 4.69) is 5.32 Å². The standard InChI is InChI=1S/C17H17F2NO2/c18-13-6-7-15(14(19)10-13)22-17(12-4-2-1-3-5-12)16-11-20-8-9-21-16/h1-7,10,16-17,20H,8-9,11H2/t16-,17?/m0/s1. The lowest BCUT2D eigenvalue weighted by Crippen LogP contribution is -2.43. The van der Waals surface area contributed by atoms with Crippen LogP contribution in [0.1, 0.15) is 11.7 Å². The van der Waals surface area contributed by atoms with Gasteiger partial charge in [-0.15, -0.1) is 0 Å². The molecule has 1 heterocycles. The fourth-order valence-corrected chi connectivity index (χ4v) is 2.49. The third kappa shape index (κ3) is 3.43. The topological polar surface area (TPSA) is 30.5 Å². The van der Waals surface area contributed by atoms with Crippen LogP contribution < -0.4 is 10.1 Å².